The molecule has 2 saturated carbocycles. The van der Waals surface area contributed by atoms with Crippen molar-refractivity contribution >= 4 is 11.9 Å². The molecule has 6 nitrogen and oxygen atoms in total. The van der Waals surface area contributed by atoms with Crippen molar-refractivity contribution in [2.24, 2.45) is 13.0 Å². The average Bonchev–Trinajstić information content (AvgIpc) is 3.27. The van der Waals surface area contributed by atoms with Gasteiger partial charge in [-0.1, -0.05) is 19.3 Å². The van der Waals surface area contributed by atoms with Crippen LogP contribution < -0.4 is 0 Å². The molecule has 3 rings (SSSR count). The monoisotopic (exact) mass is 333 g/mol. The Balaban J connectivity index is 1.67. The van der Waals surface area contributed by atoms with Gasteiger partial charge in [0.05, 0.1) is 12.8 Å². The fourth-order valence-corrected chi connectivity index (χ4v) is 3.81. The molecule has 0 aromatic carbocycles. The smallest absolute Gasteiger partial charge is 0.325 e. The number of ether oxygens (including phenoxy) is 1. The summed E-state index contributed by atoms with van der Waals surface area (Å²) in [4.78, 5) is 26.8. The highest BCUT2D eigenvalue weighted by molar-refractivity contribution is 5.86. The number of amides is 1. The highest BCUT2D eigenvalue weighted by Crippen LogP contribution is 2.48. The fourth-order valence-electron chi connectivity index (χ4n) is 3.81. The van der Waals surface area contributed by atoms with E-state index in [0.717, 1.165) is 37.7 Å². The van der Waals surface area contributed by atoms with Gasteiger partial charge in [0.1, 0.15) is 6.54 Å². The molecule has 0 radical (unpaired) electrons. The van der Waals surface area contributed by atoms with Crippen LogP contribution in [0.15, 0.2) is 12.4 Å². The second-order valence-corrected chi connectivity index (χ2v) is 6.96. The van der Waals surface area contributed by atoms with Crippen molar-refractivity contribution in [2.45, 2.75) is 57.4 Å². The minimum atomic E-state index is -0.296. The van der Waals surface area contributed by atoms with Crippen LogP contribution in [-0.2, 0) is 21.4 Å². The largest absolute Gasteiger partial charge is 0.465 e. The molecule has 132 valence electrons. The van der Waals surface area contributed by atoms with Gasteiger partial charge in [0, 0.05) is 25.2 Å². The Bertz CT molecular complexity index is 592. The minimum absolute atomic E-state index is 0.00875. The van der Waals surface area contributed by atoms with Gasteiger partial charge >= 0.3 is 5.97 Å². The zero-order chi connectivity index (χ0) is 17.1. The van der Waals surface area contributed by atoms with E-state index in [0.29, 0.717) is 6.61 Å². The van der Waals surface area contributed by atoms with E-state index < -0.39 is 0 Å². The van der Waals surface area contributed by atoms with E-state index >= 15 is 0 Å². The molecule has 6 heteroatoms. The molecule has 24 heavy (non-hydrogen) atoms. The number of carbonyl (C=O) groups excluding carboxylic acids is 2. The second kappa shape index (κ2) is 7.36. The third kappa shape index (κ3) is 3.79. The Kier molecular flexibility index (Phi) is 5.21. The highest BCUT2D eigenvalue weighted by atomic mass is 16.5. The first-order chi connectivity index (χ1) is 11.6. The average molecular weight is 333 g/mol. The number of aryl methyl sites for hydroxylation is 1. The zero-order valence-electron chi connectivity index (χ0n) is 14.6. The lowest BCUT2D eigenvalue weighted by Crippen LogP contribution is -2.45. The van der Waals surface area contributed by atoms with E-state index in [1.165, 1.54) is 6.42 Å². The summed E-state index contributed by atoms with van der Waals surface area (Å²) >= 11 is 0. The van der Waals surface area contributed by atoms with Crippen LogP contribution in [0.1, 0.15) is 56.9 Å². The van der Waals surface area contributed by atoms with Gasteiger partial charge in [-0.25, -0.2) is 0 Å². The Labute approximate surface area is 143 Å². The Morgan fingerprint density at radius 3 is 2.71 bits per heavy atom. The molecular formula is C18H27N3O3. The number of hydrogen-bond donors (Lipinski definition) is 0. The van der Waals surface area contributed by atoms with Crippen molar-refractivity contribution in [3.05, 3.63) is 18.0 Å². The maximum atomic E-state index is 13.0. The molecule has 0 saturated heterocycles. The van der Waals surface area contributed by atoms with Crippen LogP contribution in [0, 0.1) is 5.92 Å². The Morgan fingerprint density at radius 2 is 2.08 bits per heavy atom. The minimum Gasteiger partial charge on any atom is -0.465 e. The summed E-state index contributed by atoms with van der Waals surface area (Å²) in [7, 11) is 1.89. The molecule has 0 unspecified atom stereocenters. The van der Waals surface area contributed by atoms with E-state index in [-0.39, 0.29) is 36.3 Å². The first-order valence-corrected chi connectivity index (χ1v) is 9.04. The van der Waals surface area contributed by atoms with Crippen molar-refractivity contribution < 1.29 is 14.3 Å². The quantitative estimate of drug-likeness (QED) is 0.749. The second-order valence-electron chi connectivity index (χ2n) is 6.96. The third-order valence-electron chi connectivity index (χ3n) is 5.16. The lowest BCUT2D eigenvalue weighted by atomic mass is 9.93. The van der Waals surface area contributed by atoms with Crippen LogP contribution in [0.3, 0.4) is 0 Å². The topological polar surface area (TPSA) is 64.4 Å². The Morgan fingerprint density at radius 1 is 1.33 bits per heavy atom. The summed E-state index contributed by atoms with van der Waals surface area (Å²) in [5.74, 6) is 0.0591. The van der Waals surface area contributed by atoms with Crippen molar-refractivity contribution in [2.75, 3.05) is 13.2 Å². The van der Waals surface area contributed by atoms with Crippen molar-refractivity contribution in [3.8, 4) is 0 Å². The summed E-state index contributed by atoms with van der Waals surface area (Å²) in [6.45, 7) is 2.24. The molecule has 0 aliphatic heterocycles. The van der Waals surface area contributed by atoms with E-state index in [4.69, 9.17) is 4.74 Å². The third-order valence-corrected chi connectivity index (χ3v) is 5.16. The molecule has 1 heterocycles. The number of aromatic nitrogens is 2. The first kappa shape index (κ1) is 17.0. The number of rotatable bonds is 6. The van der Waals surface area contributed by atoms with Crippen LogP contribution >= 0.6 is 0 Å². The summed E-state index contributed by atoms with van der Waals surface area (Å²) in [5, 5.41) is 4.20. The highest BCUT2D eigenvalue weighted by Gasteiger charge is 2.47. The summed E-state index contributed by atoms with van der Waals surface area (Å²) < 4.78 is 6.85. The predicted molar refractivity (Wildman–Crippen MR) is 89.3 cm³/mol. The number of hydrogen-bond acceptors (Lipinski definition) is 4. The summed E-state index contributed by atoms with van der Waals surface area (Å²) in [6.07, 6.45) is 10.2. The maximum Gasteiger partial charge on any atom is 0.325 e. The van der Waals surface area contributed by atoms with Gasteiger partial charge in [0.25, 0.3) is 0 Å². The molecule has 2 atom stereocenters. The van der Waals surface area contributed by atoms with Gasteiger partial charge in [-0.2, -0.15) is 5.10 Å². The van der Waals surface area contributed by atoms with Gasteiger partial charge in [0.2, 0.25) is 5.91 Å². The summed E-state index contributed by atoms with van der Waals surface area (Å²) in [5.41, 5.74) is 1.12. The van der Waals surface area contributed by atoms with Gasteiger partial charge in [0.15, 0.2) is 0 Å². The zero-order valence-corrected chi connectivity index (χ0v) is 14.6. The molecule has 0 bridgehead atoms. The SMILES string of the molecule is CCOC(=O)CN(C(=O)[C@@H]1C[C@@H]1c1cnn(C)c1)C1CCCCC1. The lowest BCUT2D eigenvalue weighted by Gasteiger charge is -2.34. The lowest BCUT2D eigenvalue weighted by molar-refractivity contribution is -0.151. The molecule has 1 aromatic rings. The van der Waals surface area contributed by atoms with Gasteiger partial charge < -0.3 is 9.64 Å². The number of nitrogens with zero attached hydrogens (tertiary/aromatic N) is 3. The number of carbonyl (C=O) groups is 2. The van der Waals surface area contributed by atoms with Crippen molar-refractivity contribution in [1.29, 1.82) is 0 Å². The molecule has 2 aliphatic carbocycles. The molecule has 1 amide bonds. The molecule has 0 spiro atoms. The van der Waals surface area contributed by atoms with Gasteiger partial charge in [-0.3, -0.25) is 14.3 Å². The van der Waals surface area contributed by atoms with Crippen LogP contribution in [-0.4, -0.2) is 45.8 Å². The normalized spacial score (nSPS) is 23.8. The molecule has 0 N–H and O–H groups in total. The Hall–Kier alpha value is -1.85. The van der Waals surface area contributed by atoms with E-state index in [9.17, 15) is 9.59 Å². The van der Waals surface area contributed by atoms with Crippen LogP contribution in [0.25, 0.3) is 0 Å². The van der Waals surface area contributed by atoms with Gasteiger partial charge in [-0.15, -0.1) is 0 Å². The van der Waals surface area contributed by atoms with Gasteiger partial charge in [-0.05, 0) is 37.7 Å². The number of esters is 1. The van der Waals surface area contributed by atoms with E-state index in [1.54, 1.807) is 16.5 Å². The standard InChI is InChI=1S/C18H27N3O3/c1-3-24-17(22)12-21(14-7-5-4-6-8-14)18(23)16-9-15(16)13-10-19-20(2)11-13/h10-11,14-16H,3-9,12H2,1-2H3/t15-,16-/m1/s1. The van der Waals surface area contributed by atoms with Crippen LogP contribution in [0.5, 0.6) is 0 Å². The fraction of sp³-hybridized carbons (Fsp3) is 0.722. The predicted octanol–water partition coefficient (Wildman–Crippen LogP) is 2.25. The summed E-state index contributed by atoms with van der Waals surface area (Å²) in [6, 6.07) is 0.186. The van der Waals surface area contributed by atoms with Crippen molar-refractivity contribution in [3.63, 3.8) is 0 Å². The van der Waals surface area contributed by atoms with E-state index in [1.807, 2.05) is 19.4 Å². The van der Waals surface area contributed by atoms with E-state index in [2.05, 4.69) is 5.10 Å². The molecular weight excluding hydrogens is 306 g/mol. The van der Waals surface area contributed by atoms with Crippen LogP contribution in [0.2, 0.25) is 0 Å². The maximum absolute atomic E-state index is 13.0. The van der Waals surface area contributed by atoms with Crippen molar-refractivity contribution in [1.82, 2.24) is 14.7 Å². The molecule has 1 aromatic heterocycles. The van der Waals surface area contributed by atoms with Crippen LogP contribution in [0.4, 0.5) is 0 Å². The molecule has 2 aliphatic rings. The molecule has 2 fully saturated rings. The first-order valence-electron chi connectivity index (χ1n) is 9.04.